The average Bonchev–Trinajstić information content (AvgIpc) is 2.65. The number of nitrogens with one attached hydrogen (secondary N) is 1. The van der Waals surface area contributed by atoms with Gasteiger partial charge in [0.1, 0.15) is 17.1 Å². The molecule has 1 atom stereocenters. The van der Waals surface area contributed by atoms with E-state index in [1.165, 1.54) is 24.4 Å². The third-order valence-corrected chi connectivity index (χ3v) is 4.25. The standard InChI is InChI=1S/C21H23NO5/c1-3-14(12-23)10-13(2)4-9-18(25)19-20(26)17(11-22-21(19)27)15-5-7-16(24)8-6-15/h4-11,14,23-24H,3,12H2,1-2H3,(H2,22,26,27)/b9-4+,13-10+. The first-order valence-corrected chi connectivity index (χ1v) is 8.63. The van der Waals surface area contributed by atoms with Crippen molar-refractivity contribution in [3.8, 4) is 22.6 Å². The van der Waals surface area contributed by atoms with Gasteiger partial charge in [0, 0.05) is 24.3 Å². The number of benzene rings is 1. The Morgan fingerprint density at radius 3 is 2.44 bits per heavy atom. The van der Waals surface area contributed by atoms with Crippen LogP contribution >= 0.6 is 0 Å². The van der Waals surface area contributed by atoms with Gasteiger partial charge in [0.15, 0.2) is 5.78 Å². The summed E-state index contributed by atoms with van der Waals surface area (Å²) in [6.07, 6.45) is 6.71. The third-order valence-electron chi connectivity index (χ3n) is 4.25. The highest BCUT2D eigenvalue weighted by molar-refractivity contribution is 6.07. The SMILES string of the molecule is CCC(/C=C(C)/C=C/C(=O)c1c(O)c(-c2ccc(O)cc2)c[nH]c1=O)CO. The van der Waals surface area contributed by atoms with Crippen LogP contribution in [-0.2, 0) is 0 Å². The van der Waals surface area contributed by atoms with Crippen LogP contribution in [0.15, 0.2) is 59.1 Å². The van der Waals surface area contributed by atoms with Gasteiger partial charge in [-0.15, -0.1) is 0 Å². The molecule has 6 heteroatoms. The molecule has 0 aliphatic carbocycles. The number of aliphatic hydroxyl groups is 1. The summed E-state index contributed by atoms with van der Waals surface area (Å²) in [5.74, 6) is -0.974. The molecule has 0 spiro atoms. The van der Waals surface area contributed by atoms with Crippen molar-refractivity contribution in [3.05, 3.63) is 70.2 Å². The molecule has 1 heterocycles. The minimum atomic E-state index is -0.687. The van der Waals surface area contributed by atoms with Crippen LogP contribution in [0.4, 0.5) is 0 Å². The number of hydrogen-bond acceptors (Lipinski definition) is 5. The Kier molecular flexibility index (Phi) is 6.73. The zero-order valence-electron chi connectivity index (χ0n) is 15.3. The molecule has 1 aromatic carbocycles. The highest BCUT2D eigenvalue weighted by Crippen LogP contribution is 2.31. The predicted octanol–water partition coefficient (Wildman–Crippen LogP) is 3.16. The van der Waals surface area contributed by atoms with E-state index in [2.05, 4.69) is 4.98 Å². The van der Waals surface area contributed by atoms with Crippen LogP contribution in [0, 0.1) is 5.92 Å². The van der Waals surface area contributed by atoms with Gasteiger partial charge in [0.05, 0.1) is 0 Å². The fraction of sp³-hybridized carbons (Fsp3) is 0.238. The average molecular weight is 369 g/mol. The van der Waals surface area contributed by atoms with Crippen molar-refractivity contribution in [2.45, 2.75) is 20.3 Å². The summed E-state index contributed by atoms with van der Waals surface area (Å²) in [5.41, 5.74) is 0.566. The molecule has 142 valence electrons. The van der Waals surface area contributed by atoms with Crippen LogP contribution in [0.1, 0.15) is 30.6 Å². The quantitative estimate of drug-likeness (QED) is 0.340. The number of phenols is 1. The maximum Gasteiger partial charge on any atom is 0.263 e. The number of allylic oxidation sites excluding steroid dienone is 3. The summed E-state index contributed by atoms with van der Waals surface area (Å²) in [5, 5.41) is 29.1. The van der Waals surface area contributed by atoms with Gasteiger partial charge in [-0.25, -0.2) is 0 Å². The normalized spacial score (nSPS) is 13.1. The molecule has 0 amide bonds. The molecule has 0 radical (unpaired) electrons. The molecule has 0 aliphatic rings. The van der Waals surface area contributed by atoms with E-state index in [0.29, 0.717) is 5.56 Å². The number of carbonyl (C=O) groups excluding carboxylic acids is 1. The second-order valence-electron chi connectivity index (χ2n) is 6.26. The predicted molar refractivity (Wildman–Crippen MR) is 104 cm³/mol. The molecule has 6 nitrogen and oxygen atoms in total. The lowest BCUT2D eigenvalue weighted by molar-refractivity contribution is 0.104. The van der Waals surface area contributed by atoms with Gasteiger partial charge < -0.3 is 20.3 Å². The molecular weight excluding hydrogens is 346 g/mol. The Labute approximate surface area is 157 Å². The summed E-state index contributed by atoms with van der Waals surface area (Å²) in [7, 11) is 0. The largest absolute Gasteiger partial charge is 0.508 e. The van der Waals surface area contributed by atoms with Gasteiger partial charge in [-0.3, -0.25) is 9.59 Å². The van der Waals surface area contributed by atoms with Gasteiger partial charge in [-0.1, -0.05) is 36.8 Å². The molecule has 27 heavy (non-hydrogen) atoms. The van der Waals surface area contributed by atoms with E-state index >= 15 is 0 Å². The molecule has 0 aliphatic heterocycles. The summed E-state index contributed by atoms with van der Waals surface area (Å²) in [4.78, 5) is 27.0. The Hall–Kier alpha value is -3.12. The molecule has 2 rings (SSSR count). The lowest BCUT2D eigenvalue weighted by Gasteiger charge is -2.08. The highest BCUT2D eigenvalue weighted by Gasteiger charge is 2.18. The second-order valence-corrected chi connectivity index (χ2v) is 6.26. The van der Waals surface area contributed by atoms with Gasteiger partial charge in [0.25, 0.3) is 5.56 Å². The maximum atomic E-state index is 12.5. The lowest BCUT2D eigenvalue weighted by Crippen LogP contribution is -2.16. The Morgan fingerprint density at radius 1 is 1.19 bits per heavy atom. The molecule has 0 saturated heterocycles. The number of hydrogen-bond donors (Lipinski definition) is 4. The maximum absolute atomic E-state index is 12.5. The van der Waals surface area contributed by atoms with Gasteiger partial charge in [0.2, 0.25) is 0 Å². The van der Waals surface area contributed by atoms with Gasteiger partial charge >= 0.3 is 0 Å². The topological polar surface area (TPSA) is 111 Å². The molecule has 1 unspecified atom stereocenters. The third kappa shape index (κ3) is 4.95. The lowest BCUT2D eigenvalue weighted by atomic mass is 10.0. The number of rotatable bonds is 7. The van der Waals surface area contributed by atoms with Crippen molar-refractivity contribution in [2.24, 2.45) is 5.92 Å². The first-order chi connectivity index (χ1) is 12.9. The van der Waals surface area contributed by atoms with Crippen molar-refractivity contribution in [1.29, 1.82) is 0 Å². The Morgan fingerprint density at radius 2 is 1.85 bits per heavy atom. The van der Waals surface area contributed by atoms with Gasteiger partial charge in [-0.2, -0.15) is 0 Å². The second kappa shape index (κ2) is 9.00. The van der Waals surface area contributed by atoms with Crippen LogP contribution in [0.25, 0.3) is 11.1 Å². The number of aliphatic hydroxyl groups excluding tert-OH is 1. The number of carbonyl (C=O) groups is 1. The minimum absolute atomic E-state index is 0.000572. The van der Waals surface area contributed by atoms with Crippen LogP contribution in [0.3, 0.4) is 0 Å². The van der Waals surface area contributed by atoms with Crippen molar-refractivity contribution in [1.82, 2.24) is 4.98 Å². The molecule has 2 aromatic rings. The van der Waals surface area contributed by atoms with E-state index in [1.54, 1.807) is 25.1 Å². The van der Waals surface area contributed by atoms with Crippen LogP contribution in [0.5, 0.6) is 11.5 Å². The minimum Gasteiger partial charge on any atom is -0.508 e. The van der Waals surface area contributed by atoms with E-state index in [9.17, 15) is 24.9 Å². The van der Waals surface area contributed by atoms with E-state index in [0.717, 1.165) is 12.0 Å². The summed E-state index contributed by atoms with van der Waals surface area (Å²) in [6, 6.07) is 6.03. The number of H-pyrrole nitrogens is 1. The molecule has 0 bridgehead atoms. The van der Waals surface area contributed by atoms with Crippen LogP contribution in [-0.4, -0.2) is 32.7 Å². The highest BCUT2D eigenvalue weighted by atomic mass is 16.3. The van der Waals surface area contributed by atoms with Crippen LogP contribution < -0.4 is 5.56 Å². The molecule has 0 saturated carbocycles. The first-order valence-electron chi connectivity index (χ1n) is 8.63. The van der Waals surface area contributed by atoms with Crippen molar-refractivity contribution in [2.75, 3.05) is 6.61 Å². The Bertz CT molecular complexity index is 919. The molecule has 1 aromatic heterocycles. The zero-order valence-corrected chi connectivity index (χ0v) is 15.3. The summed E-state index contributed by atoms with van der Waals surface area (Å²) < 4.78 is 0. The van der Waals surface area contributed by atoms with Crippen molar-refractivity contribution in [3.63, 3.8) is 0 Å². The zero-order chi connectivity index (χ0) is 20.0. The molecule has 0 fully saturated rings. The van der Waals surface area contributed by atoms with Crippen molar-refractivity contribution >= 4 is 5.78 Å². The molecular formula is C21H23NO5. The van der Waals surface area contributed by atoms with Crippen LogP contribution in [0.2, 0.25) is 0 Å². The smallest absolute Gasteiger partial charge is 0.263 e. The number of phenolic OH excluding ortho intramolecular Hbond substituents is 1. The number of aromatic nitrogens is 1. The summed E-state index contributed by atoms with van der Waals surface area (Å²) >= 11 is 0. The van der Waals surface area contributed by atoms with E-state index in [-0.39, 0.29) is 29.4 Å². The first kappa shape index (κ1) is 20.2. The Balaban J connectivity index is 2.36. The fourth-order valence-corrected chi connectivity index (χ4v) is 2.63. The van der Waals surface area contributed by atoms with E-state index < -0.39 is 17.1 Å². The number of pyridine rings is 1. The number of aromatic hydroxyl groups is 2. The van der Waals surface area contributed by atoms with E-state index in [4.69, 9.17) is 0 Å². The number of aromatic amines is 1. The number of ketones is 1. The van der Waals surface area contributed by atoms with Crippen molar-refractivity contribution < 1.29 is 20.1 Å². The fourth-order valence-electron chi connectivity index (χ4n) is 2.63. The molecule has 4 N–H and O–H groups in total. The van der Waals surface area contributed by atoms with E-state index in [1.807, 2.05) is 13.0 Å². The monoisotopic (exact) mass is 369 g/mol. The summed E-state index contributed by atoms with van der Waals surface area (Å²) in [6.45, 7) is 3.76. The van der Waals surface area contributed by atoms with Gasteiger partial charge in [-0.05, 0) is 37.1 Å².